The van der Waals surface area contributed by atoms with Crippen molar-refractivity contribution in [3.8, 4) is 11.5 Å². The van der Waals surface area contributed by atoms with Crippen LogP contribution in [0.3, 0.4) is 0 Å². The van der Waals surface area contributed by atoms with Crippen molar-refractivity contribution >= 4 is 15.9 Å². The molecule has 0 bridgehead atoms. The van der Waals surface area contributed by atoms with E-state index in [4.69, 9.17) is 9.47 Å². The summed E-state index contributed by atoms with van der Waals surface area (Å²) in [5.41, 5.74) is 3.66. The lowest BCUT2D eigenvalue weighted by atomic mass is 9.98. The molecule has 0 saturated heterocycles. The van der Waals surface area contributed by atoms with Crippen LogP contribution in [-0.2, 0) is 6.42 Å². The summed E-state index contributed by atoms with van der Waals surface area (Å²) in [6, 6.07) is 2.15. The van der Waals surface area contributed by atoms with E-state index in [0.29, 0.717) is 0 Å². The van der Waals surface area contributed by atoms with Gasteiger partial charge in [0, 0.05) is 5.33 Å². The second-order valence-corrected chi connectivity index (χ2v) is 7.08. The number of halogens is 1. The summed E-state index contributed by atoms with van der Waals surface area (Å²) >= 11 is 3.49. The normalized spacial score (nSPS) is 10.8. The van der Waals surface area contributed by atoms with Gasteiger partial charge < -0.3 is 9.47 Å². The molecule has 0 saturated carbocycles. The molecule has 0 aliphatic rings. The Hall–Kier alpha value is -0.700. The van der Waals surface area contributed by atoms with Gasteiger partial charge in [-0.3, -0.25) is 0 Å². The number of rotatable bonds is 12. The summed E-state index contributed by atoms with van der Waals surface area (Å²) in [6.07, 6.45) is 11.8. The summed E-state index contributed by atoms with van der Waals surface area (Å²) in [6.45, 7) is 4.21. The van der Waals surface area contributed by atoms with Crippen LogP contribution in [0.1, 0.15) is 68.1 Å². The van der Waals surface area contributed by atoms with E-state index in [-0.39, 0.29) is 0 Å². The van der Waals surface area contributed by atoms with Gasteiger partial charge in [-0.2, -0.15) is 0 Å². The van der Waals surface area contributed by atoms with Crippen LogP contribution in [0.2, 0.25) is 0 Å². The molecule has 0 radical (unpaired) electrons. The van der Waals surface area contributed by atoms with Gasteiger partial charge in [-0.25, -0.2) is 0 Å². The van der Waals surface area contributed by atoms with E-state index < -0.39 is 0 Å². The average Bonchev–Trinajstić information content (AvgIpc) is 2.56. The third kappa shape index (κ3) is 6.74. The number of methoxy groups -OCH3 is 2. The third-order valence-electron chi connectivity index (χ3n) is 4.62. The zero-order valence-electron chi connectivity index (χ0n) is 15.3. The Kier molecular flexibility index (Phi) is 10.4. The fraction of sp³-hybridized carbons (Fsp3) is 0.700. The Labute approximate surface area is 151 Å². The predicted octanol–water partition coefficient (Wildman–Crippen LogP) is 6.38. The summed E-state index contributed by atoms with van der Waals surface area (Å²) in [7, 11) is 3.51. The zero-order valence-corrected chi connectivity index (χ0v) is 16.9. The van der Waals surface area contributed by atoms with Gasteiger partial charge in [0.25, 0.3) is 0 Å². The van der Waals surface area contributed by atoms with E-state index in [1.54, 1.807) is 14.2 Å². The standard InChI is InChI=1S/C20H33BrO2/c1-16-17(2)20(23-4)18(15-19(16)22-3)13-11-9-7-5-6-8-10-12-14-21/h15H,5-14H2,1-4H3. The molecule has 0 heterocycles. The Balaban J connectivity index is 2.38. The molecule has 0 unspecified atom stereocenters. The highest BCUT2D eigenvalue weighted by atomic mass is 79.9. The van der Waals surface area contributed by atoms with Crippen molar-refractivity contribution in [2.75, 3.05) is 19.5 Å². The number of aryl methyl sites for hydroxylation is 1. The topological polar surface area (TPSA) is 18.5 Å². The number of hydrogen-bond acceptors (Lipinski definition) is 2. The number of hydrogen-bond donors (Lipinski definition) is 0. The molecule has 0 spiro atoms. The molecule has 3 heteroatoms. The fourth-order valence-corrected chi connectivity index (χ4v) is 3.48. The maximum Gasteiger partial charge on any atom is 0.125 e. The van der Waals surface area contributed by atoms with Crippen LogP contribution in [0, 0.1) is 13.8 Å². The molecule has 1 rings (SSSR count). The van der Waals surface area contributed by atoms with Crippen LogP contribution in [0.4, 0.5) is 0 Å². The minimum absolute atomic E-state index is 0.977. The van der Waals surface area contributed by atoms with Crippen LogP contribution in [0.15, 0.2) is 6.07 Å². The van der Waals surface area contributed by atoms with Gasteiger partial charge in [0.15, 0.2) is 0 Å². The smallest absolute Gasteiger partial charge is 0.125 e. The molecule has 0 aliphatic carbocycles. The summed E-state index contributed by atoms with van der Waals surface area (Å²) in [5, 5.41) is 1.15. The van der Waals surface area contributed by atoms with Gasteiger partial charge in [0.05, 0.1) is 14.2 Å². The highest BCUT2D eigenvalue weighted by molar-refractivity contribution is 9.09. The fourth-order valence-electron chi connectivity index (χ4n) is 3.08. The number of benzene rings is 1. The molecular weight excluding hydrogens is 352 g/mol. The van der Waals surface area contributed by atoms with Gasteiger partial charge in [-0.15, -0.1) is 0 Å². The average molecular weight is 385 g/mol. The number of alkyl halides is 1. The zero-order chi connectivity index (χ0) is 17.1. The molecule has 23 heavy (non-hydrogen) atoms. The Bertz CT molecular complexity index is 457. The van der Waals surface area contributed by atoms with Crippen LogP contribution < -0.4 is 9.47 Å². The summed E-state index contributed by atoms with van der Waals surface area (Å²) in [4.78, 5) is 0. The van der Waals surface area contributed by atoms with Crippen molar-refractivity contribution in [2.24, 2.45) is 0 Å². The predicted molar refractivity (Wildman–Crippen MR) is 103 cm³/mol. The van der Waals surface area contributed by atoms with Gasteiger partial charge in [-0.05, 0) is 55.9 Å². The SMILES string of the molecule is COc1cc(CCCCCCCCCCBr)c(OC)c(C)c1C. The monoisotopic (exact) mass is 384 g/mol. The molecule has 0 aromatic heterocycles. The van der Waals surface area contributed by atoms with E-state index in [0.717, 1.165) is 23.2 Å². The van der Waals surface area contributed by atoms with E-state index in [9.17, 15) is 0 Å². The highest BCUT2D eigenvalue weighted by Crippen LogP contribution is 2.34. The van der Waals surface area contributed by atoms with E-state index >= 15 is 0 Å². The first kappa shape index (κ1) is 20.3. The van der Waals surface area contributed by atoms with Crippen molar-refractivity contribution in [3.63, 3.8) is 0 Å². The Morgan fingerprint density at radius 3 is 1.87 bits per heavy atom. The molecule has 0 N–H and O–H groups in total. The quantitative estimate of drug-likeness (QED) is 0.307. The van der Waals surface area contributed by atoms with Crippen molar-refractivity contribution in [2.45, 2.75) is 71.6 Å². The molecule has 0 fully saturated rings. The van der Waals surface area contributed by atoms with Gasteiger partial charge in [0.2, 0.25) is 0 Å². The molecule has 0 aliphatic heterocycles. The molecular formula is C20H33BrO2. The molecule has 132 valence electrons. The summed E-state index contributed by atoms with van der Waals surface area (Å²) < 4.78 is 11.1. The van der Waals surface area contributed by atoms with Gasteiger partial charge in [0.1, 0.15) is 11.5 Å². The second kappa shape index (κ2) is 11.8. The minimum Gasteiger partial charge on any atom is -0.496 e. The minimum atomic E-state index is 0.977. The lowest BCUT2D eigenvalue weighted by Crippen LogP contribution is -2.00. The van der Waals surface area contributed by atoms with E-state index in [2.05, 4.69) is 35.8 Å². The molecule has 0 atom stereocenters. The molecule has 0 amide bonds. The van der Waals surface area contributed by atoms with Crippen molar-refractivity contribution in [1.82, 2.24) is 0 Å². The maximum atomic E-state index is 5.63. The highest BCUT2D eigenvalue weighted by Gasteiger charge is 2.13. The first-order valence-corrected chi connectivity index (χ1v) is 10.0. The Morgan fingerprint density at radius 2 is 1.35 bits per heavy atom. The maximum absolute atomic E-state index is 5.63. The third-order valence-corrected chi connectivity index (χ3v) is 5.18. The van der Waals surface area contributed by atoms with Gasteiger partial charge in [-0.1, -0.05) is 54.5 Å². The Morgan fingerprint density at radius 1 is 0.783 bits per heavy atom. The first-order chi connectivity index (χ1) is 11.2. The van der Waals surface area contributed by atoms with Crippen molar-refractivity contribution in [1.29, 1.82) is 0 Å². The first-order valence-electron chi connectivity index (χ1n) is 8.92. The lowest BCUT2D eigenvalue weighted by Gasteiger charge is -2.16. The second-order valence-electron chi connectivity index (χ2n) is 6.29. The molecule has 1 aromatic carbocycles. The van der Waals surface area contributed by atoms with E-state index in [1.165, 1.54) is 68.1 Å². The largest absolute Gasteiger partial charge is 0.496 e. The van der Waals surface area contributed by atoms with Crippen LogP contribution in [-0.4, -0.2) is 19.5 Å². The summed E-state index contributed by atoms with van der Waals surface area (Å²) in [5.74, 6) is 2.02. The number of ether oxygens (including phenoxy) is 2. The molecule has 1 aromatic rings. The van der Waals surface area contributed by atoms with E-state index in [1.807, 2.05) is 0 Å². The van der Waals surface area contributed by atoms with Crippen molar-refractivity contribution < 1.29 is 9.47 Å². The van der Waals surface area contributed by atoms with Crippen LogP contribution in [0.25, 0.3) is 0 Å². The lowest BCUT2D eigenvalue weighted by molar-refractivity contribution is 0.392. The number of unbranched alkanes of at least 4 members (excludes halogenated alkanes) is 7. The van der Waals surface area contributed by atoms with Crippen LogP contribution >= 0.6 is 15.9 Å². The van der Waals surface area contributed by atoms with Gasteiger partial charge >= 0.3 is 0 Å². The van der Waals surface area contributed by atoms with Crippen LogP contribution in [0.5, 0.6) is 11.5 Å². The molecule has 2 nitrogen and oxygen atoms in total. The van der Waals surface area contributed by atoms with Crippen molar-refractivity contribution in [3.05, 3.63) is 22.8 Å².